The Bertz CT molecular complexity index is 1500. The van der Waals surface area contributed by atoms with Gasteiger partial charge < -0.3 is 9.64 Å². The molecule has 0 radical (unpaired) electrons. The summed E-state index contributed by atoms with van der Waals surface area (Å²) < 4.78 is 7.91. The molecule has 6 heterocycles. The highest BCUT2D eigenvalue weighted by Crippen LogP contribution is 2.32. The lowest BCUT2D eigenvalue weighted by Gasteiger charge is -2.28. The van der Waals surface area contributed by atoms with Crippen molar-refractivity contribution in [2.75, 3.05) is 37.7 Å². The van der Waals surface area contributed by atoms with Crippen molar-refractivity contribution in [1.82, 2.24) is 34.4 Å². The van der Waals surface area contributed by atoms with E-state index in [2.05, 4.69) is 59.8 Å². The molecule has 0 atom stereocenters. The van der Waals surface area contributed by atoms with Gasteiger partial charge in [-0.1, -0.05) is 12.1 Å². The third-order valence-corrected chi connectivity index (χ3v) is 7.04. The first-order valence-electron chi connectivity index (χ1n) is 12.1. The van der Waals surface area contributed by atoms with Gasteiger partial charge in [0.05, 0.1) is 42.0 Å². The van der Waals surface area contributed by atoms with Gasteiger partial charge in [0.2, 0.25) is 0 Å². The average molecular weight is 467 g/mol. The van der Waals surface area contributed by atoms with Crippen LogP contribution in [0.15, 0.2) is 55.1 Å². The highest BCUT2D eigenvalue weighted by atomic mass is 16.5. The number of morpholine rings is 1. The van der Waals surface area contributed by atoms with Crippen molar-refractivity contribution in [3.8, 4) is 11.3 Å². The minimum absolute atomic E-state index is 0.704. The number of rotatable bonds is 4. The zero-order chi connectivity index (χ0) is 23.2. The number of aromatic nitrogens is 6. The Morgan fingerprint density at radius 2 is 1.89 bits per heavy atom. The van der Waals surface area contributed by atoms with Crippen molar-refractivity contribution >= 4 is 22.4 Å². The van der Waals surface area contributed by atoms with Crippen LogP contribution in [0.3, 0.4) is 0 Å². The monoisotopic (exact) mass is 466 g/mol. The Kier molecular flexibility index (Phi) is 4.95. The molecule has 1 N–H and O–H groups in total. The van der Waals surface area contributed by atoms with Gasteiger partial charge in [0.1, 0.15) is 0 Å². The number of nitrogens with zero attached hydrogens (tertiary/aromatic N) is 7. The second-order valence-electron chi connectivity index (χ2n) is 9.20. The molecule has 35 heavy (non-hydrogen) atoms. The van der Waals surface area contributed by atoms with Crippen LogP contribution in [0.5, 0.6) is 0 Å². The second-order valence-corrected chi connectivity index (χ2v) is 9.20. The number of pyridine rings is 1. The van der Waals surface area contributed by atoms with Crippen LogP contribution in [-0.4, -0.2) is 67.3 Å². The average Bonchev–Trinajstić information content (AvgIpc) is 3.54. The Morgan fingerprint density at radius 3 is 2.77 bits per heavy atom. The lowest BCUT2D eigenvalue weighted by Crippen LogP contribution is -2.37. The van der Waals surface area contributed by atoms with Gasteiger partial charge in [-0.3, -0.25) is 19.4 Å². The molecule has 1 saturated heterocycles. The molecule has 2 aliphatic heterocycles. The molecule has 0 spiro atoms. The molecule has 0 aliphatic carbocycles. The maximum absolute atomic E-state index is 5.63. The molecule has 0 unspecified atom stereocenters. The fourth-order valence-electron chi connectivity index (χ4n) is 5.24. The minimum atomic E-state index is 0.704. The predicted octanol–water partition coefficient (Wildman–Crippen LogP) is 3.06. The lowest BCUT2D eigenvalue weighted by molar-refractivity contribution is 0.122. The molecule has 0 amide bonds. The molecular weight excluding hydrogens is 440 g/mol. The van der Waals surface area contributed by atoms with Crippen LogP contribution in [-0.2, 0) is 24.2 Å². The molecule has 0 saturated carbocycles. The van der Waals surface area contributed by atoms with E-state index in [1.165, 1.54) is 17.0 Å². The van der Waals surface area contributed by atoms with Crippen LogP contribution in [0, 0.1) is 0 Å². The summed E-state index contributed by atoms with van der Waals surface area (Å²) in [5.74, 6) is 0.932. The minimum Gasteiger partial charge on any atom is -0.378 e. The van der Waals surface area contributed by atoms with E-state index < -0.39 is 0 Å². The SMILES string of the molecule is c1cc(-c2cn3c4c(nc3c(N3CCOCC3)n2)CCN(Cc2ccncc2)C4)c2cn[nH]c2c1. The van der Waals surface area contributed by atoms with Gasteiger partial charge in [0, 0.05) is 68.7 Å². The van der Waals surface area contributed by atoms with E-state index in [1.807, 2.05) is 24.7 Å². The van der Waals surface area contributed by atoms with Gasteiger partial charge in [0.25, 0.3) is 0 Å². The molecule has 9 nitrogen and oxygen atoms in total. The summed E-state index contributed by atoms with van der Waals surface area (Å²) in [6, 6.07) is 10.4. The number of ether oxygens (including phenoxy) is 1. The Labute approximate surface area is 202 Å². The number of fused-ring (bicyclic) bond motifs is 4. The number of nitrogens with one attached hydrogen (secondary N) is 1. The fourth-order valence-corrected chi connectivity index (χ4v) is 5.24. The predicted molar refractivity (Wildman–Crippen MR) is 133 cm³/mol. The first kappa shape index (κ1) is 20.5. The number of aromatic amines is 1. The summed E-state index contributed by atoms with van der Waals surface area (Å²) in [6.07, 6.45) is 8.69. The molecule has 176 valence electrons. The second kappa shape index (κ2) is 8.44. The van der Waals surface area contributed by atoms with E-state index >= 15 is 0 Å². The quantitative estimate of drug-likeness (QED) is 0.436. The van der Waals surface area contributed by atoms with Crippen molar-refractivity contribution < 1.29 is 4.74 Å². The molecule has 4 aromatic heterocycles. The van der Waals surface area contributed by atoms with Gasteiger partial charge in [-0.15, -0.1) is 0 Å². The third-order valence-electron chi connectivity index (χ3n) is 7.04. The summed E-state index contributed by atoms with van der Waals surface area (Å²) >= 11 is 0. The third kappa shape index (κ3) is 3.64. The standard InChI is InChI=1S/C26H26N8O/c1-2-19(20-14-28-31-21(20)3-1)23-16-34-24-17-32(15-18-4-7-27-8-5-18)9-6-22(24)29-26(34)25(30-23)33-10-12-35-13-11-33/h1-5,7-8,14,16H,6,9-13,15,17H2,(H,28,31). The van der Waals surface area contributed by atoms with Crippen LogP contribution < -0.4 is 4.90 Å². The molecule has 1 aromatic carbocycles. The number of benzene rings is 1. The Hall–Kier alpha value is -3.82. The summed E-state index contributed by atoms with van der Waals surface area (Å²) in [7, 11) is 0. The summed E-state index contributed by atoms with van der Waals surface area (Å²) in [5.41, 5.74) is 7.64. The fraction of sp³-hybridized carbons (Fsp3) is 0.308. The van der Waals surface area contributed by atoms with Crippen molar-refractivity contribution in [3.63, 3.8) is 0 Å². The van der Waals surface area contributed by atoms with Gasteiger partial charge in [-0.25, -0.2) is 9.97 Å². The lowest BCUT2D eigenvalue weighted by atomic mass is 10.1. The number of H-pyrrole nitrogens is 1. The maximum Gasteiger partial charge on any atom is 0.180 e. The highest BCUT2D eigenvalue weighted by molar-refractivity contribution is 5.93. The maximum atomic E-state index is 5.63. The van der Waals surface area contributed by atoms with Crippen molar-refractivity contribution in [3.05, 3.63) is 72.1 Å². The van der Waals surface area contributed by atoms with Crippen LogP contribution in [0.2, 0.25) is 0 Å². The van der Waals surface area contributed by atoms with Crippen LogP contribution in [0.25, 0.3) is 27.8 Å². The van der Waals surface area contributed by atoms with Crippen molar-refractivity contribution in [2.45, 2.75) is 19.5 Å². The van der Waals surface area contributed by atoms with Gasteiger partial charge in [-0.2, -0.15) is 5.10 Å². The molecule has 0 bridgehead atoms. The molecular formula is C26H26N8O. The van der Waals surface area contributed by atoms with Crippen molar-refractivity contribution in [1.29, 1.82) is 0 Å². The van der Waals surface area contributed by atoms with Gasteiger partial charge >= 0.3 is 0 Å². The largest absolute Gasteiger partial charge is 0.378 e. The number of hydrogen-bond donors (Lipinski definition) is 1. The molecule has 7 rings (SSSR count). The normalized spacial score (nSPS) is 16.7. The first-order chi connectivity index (χ1) is 17.3. The van der Waals surface area contributed by atoms with Gasteiger partial charge in [0.15, 0.2) is 11.5 Å². The van der Waals surface area contributed by atoms with E-state index in [9.17, 15) is 0 Å². The number of anilines is 1. The zero-order valence-electron chi connectivity index (χ0n) is 19.4. The van der Waals surface area contributed by atoms with E-state index in [-0.39, 0.29) is 0 Å². The Morgan fingerprint density at radius 1 is 1.00 bits per heavy atom. The Balaban J connectivity index is 1.36. The van der Waals surface area contributed by atoms with E-state index in [0.717, 1.165) is 72.8 Å². The molecule has 9 heteroatoms. The van der Waals surface area contributed by atoms with Crippen LogP contribution in [0.4, 0.5) is 5.82 Å². The van der Waals surface area contributed by atoms with E-state index in [1.54, 1.807) is 0 Å². The van der Waals surface area contributed by atoms with Crippen LogP contribution >= 0.6 is 0 Å². The highest BCUT2D eigenvalue weighted by Gasteiger charge is 2.26. The van der Waals surface area contributed by atoms with E-state index in [0.29, 0.717) is 13.2 Å². The zero-order valence-corrected chi connectivity index (χ0v) is 19.4. The summed E-state index contributed by atoms with van der Waals surface area (Å²) in [6.45, 7) is 5.77. The molecule has 5 aromatic rings. The number of imidazole rings is 1. The summed E-state index contributed by atoms with van der Waals surface area (Å²) in [5, 5.41) is 8.42. The summed E-state index contributed by atoms with van der Waals surface area (Å²) in [4.78, 5) is 19.3. The smallest absolute Gasteiger partial charge is 0.180 e. The van der Waals surface area contributed by atoms with Crippen LogP contribution in [0.1, 0.15) is 17.0 Å². The van der Waals surface area contributed by atoms with E-state index in [4.69, 9.17) is 14.7 Å². The first-order valence-corrected chi connectivity index (χ1v) is 12.1. The number of hydrogen-bond acceptors (Lipinski definition) is 7. The topological polar surface area (TPSA) is 87.5 Å². The van der Waals surface area contributed by atoms with Gasteiger partial charge in [-0.05, 0) is 23.8 Å². The van der Waals surface area contributed by atoms with Crippen molar-refractivity contribution in [2.24, 2.45) is 0 Å². The molecule has 2 aliphatic rings. The molecule has 1 fully saturated rings.